The van der Waals surface area contributed by atoms with Crippen molar-refractivity contribution in [2.24, 2.45) is 0 Å². The van der Waals surface area contributed by atoms with Crippen LogP contribution in [0.15, 0.2) is 24.3 Å². The summed E-state index contributed by atoms with van der Waals surface area (Å²) in [6.45, 7) is 0.187. The molecule has 0 spiro atoms. The van der Waals surface area contributed by atoms with Crippen LogP contribution in [0.4, 0.5) is 0 Å². The molecule has 2 aromatic rings. The van der Waals surface area contributed by atoms with Crippen molar-refractivity contribution in [3.8, 4) is 11.8 Å². The van der Waals surface area contributed by atoms with Gasteiger partial charge in [0.2, 0.25) is 18.6 Å². The number of fused-ring (bicyclic) bond motifs is 3. The number of rotatable bonds is 0. The minimum absolute atomic E-state index is 0.187. The Morgan fingerprint density at radius 3 is 2.00 bits per heavy atom. The van der Waals surface area contributed by atoms with Gasteiger partial charge in [0.05, 0.1) is 10.8 Å². The Hall–Kier alpha value is -1.84. The third kappa shape index (κ3) is 0.853. The van der Waals surface area contributed by atoms with Crippen molar-refractivity contribution in [2.45, 2.75) is 0 Å². The Morgan fingerprint density at radius 1 is 0.923 bits per heavy atom. The fourth-order valence-corrected chi connectivity index (χ4v) is 1.41. The summed E-state index contributed by atoms with van der Waals surface area (Å²) in [5.74, 6) is 1.08. The van der Waals surface area contributed by atoms with Gasteiger partial charge in [-0.1, -0.05) is 12.1 Å². The van der Waals surface area contributed by atoms with Crippen LogP contribution in [0.2, 0.25) is 0 Å². The van der Waals surface area contributed by atoms with E-state index in [4.69, 9.17) is 9.47 Å². The smallest absolute Gasteiger partial charge is 0.244 e. The zero-order chi connectivity index (χ0) is 8.67. The van der Waals surface area contributed by atoms with Gasteiger partial charge in [-0.25, -0.2) is 0 Å². The second-order valence-corrected chi connectivity index (χ2v) is 2.76. The van der Waals surface area contributed by atoms with Crippen molar-refractivity contribution < 1.29 is 9.47 Å². The van der Waals surface area contributed by atoms with Gasteiger partial charge in [-0.3, -0.25) is 0 Å². The Balaban J connectivity index is 2.50. The first-order valence-corrected chi connectivity index (χ1v) is 3.96. The molecule has 2 bridgehead atoms. The van der Waals surface area contributed by atoms with Crippen LogP contribution in [0, 0.1) is 0 Å². The summed E-state index contributed by atoms with van der Waals surface area (Å²) in [6.07, 6.45) is 0. The lowest BCUT2D eigenvalue weighted by atomic mass is 10.2. The molecule has 4 heteroatoms. The average molecular weight is 174 g/mol. The van der Waals surface area contributed by atoms with Crippen molar-refractivity contribution >= 4 is 10.8 Å². The summed E-state index contributed by atoms with van der Waals surface area (Å²) in [5.41, 5.74) is 0. The first-order valence-electron chi connectivity index (χ1n) is 3.96. The largest absolute Gasteiger partial charge is 0.438 e. The maximum atomic E-state index is 5.23. The van der Waals surface area contributed by atoms with E-state index in [1.54, 1.807) is 0 Å². The number of benzene rings is 1. The lowest BCUT2D eigenvalue weighted by molar-refractivity contribution is 0.125. The van der Waals surface area contributed by atoms with Crippen molar-refractivity contribution in [3.05, 3.63) is 24.3 Å². The number of hydrogen-bond acceptors (Lipinski definition) is 4. The topological polar surface area (TPSA) is 44.2 Å². The molecule has 0 unspecified atom stereocenters. The number of nitrogens with zero attached hydrogens (tertiary/aromatic N) is 2. The van der Waals surface area contributed by atoms with Gasteiger partial charge in [0.1, 0.15) is 0 Å². The number of aromatic nitrogens is 2. The van der Waals surface area contributed by atoms with E-state index in [1.165, 1.54) is 0 Å². The molecule has 64 valence electrons. The zero-order valence-electron chi connectivity index (χ0n) is 6.73. The molecule has 13 heavy (non-hydrogen) atoms. The maximum Gasteiger partial charge on any atom is 0.244 e. The quantitative estimate of drug-likeness (QED) is 0.604. The van der Waals surface area contributed by atoms with Gasteiger partial charge < -0.3 is 9.47 Å². The normalized spacial score (nSPS) is 13.5. The van der Waals surface area contributed by atoms with E-state index in [0.717, 1.165) is 10.8 Å². The van der Waals surface area contributed by atoms with Crippen molar-refractivity contribution in [2.75, 3.05) is 6.79 Å². The van der Waals surface area contributed by atoms with E-state index in [-0.39, 0.29) is 6.79 Å². The second-order valence-electron chi connectivity index (χ2n) is 2.76. The summed E-state index contributed by atoms with van der Waals surface area (Å²) in [4.78, 5) is 0. The van der Waals surface area contributed by atoms with E-state index < -0.39 is 0 Å². The highest BCUT2D eigenvalue weighted by molar-refractivity contribution is 5.90. The maximum absolute atomic E-state index is 5.23. The van der Waals surface area contributed by atoms with Crippen LogP contribution in [0.3, 0.4) is 0 Å². The average Bonchev–Trinajstić information content (AvgIpc) is 2.52. The molecular formula is C9H6N2O2. The minimum Gasteiger partial charge on any atom is -0.438 e. The molecule has 1 aromatic carbocycles. The second kappa shape index (κ2) is 2.32. The van der Waals surface area contributed by atoms with E-state index in [1.807, 2.05) is 24.3 Å². The van der Waals surface area contributed by atoms with Crippen LogP contribution < -0.4 is 9.47 Å². The van der Waals surface area contributed by atoms with Gasteiger partial charge in [0, 0.05) is 0 Å². The molecule has 0 aliphatic carbocycles. The first-order chi connectivity index (χ1) is 6.45. The third-order valence-electron chi connectivity index (χ3n) is 2.01. The minimum atomic E-state index is 0.187. The van der Waals surface area contributed by atoms with Gasteiger partial charge in [0.15, 0.2) is 0 Å². The van der Waals surface area contributed by atoms with Gasteiger partial charge >= 0.3 is 0 Å². The third-order valence-corrected chi connectivity index (χ3v) is 2.01. The monoisotopic (exact) mass is 174 g/mol. The number of hydrogen-bond donors (Lipinski definition) is 0. The van der Waals surface area contributed by atoms with Crippen LogP contribution in [0.1, 0.15) is 0 Å². The number of ether oxygens (including phenoxy) is 2. The fourth-order valence-electron chi connectivity index (χ4n) is 1.41. The van der Waals surface area contributed by atoms with E-state index in [2.05, 4.69) is 10.2 Å². The van der Waals surface area contributed by atoms with Gasteiger partial charge in [0.25, 0.3) is 0 Å². The molecule has 4 nitrogen and oxygen atoms in total. The fraction of sp³-hybridized carbons (Fsp3) is 0.111. The van der Waals surface area contributed by atoms with Crippen LogP contribution in [-0.4, -0.2) is 17.0 Å². The summed E-state index contributed by atoms with van der Waals surface area (Å²) in [7, 11) is 0. The summed E-state index contributed by atoms with van der Waals surface area (Å²) in [6, 6.07) is 7.76. The van der Waals surface area contributed by atoms with Crippen LogP contribution in [0.25, 0.3) is 10.8 Å². The molecule has 3 heterocycles. The van der Waals surface area contributed by atoms with Crippen molar-refractivity contribution in [1.29, 1.82) is 0 Å². The molecule has 1 aromatic heterocycles. The Bertz CT molecular complexity index is 428. The SMILES string of the molecule is c1ccc2c3nnc(c2c1)OCO3. The lowest BCUT2D eigenvalue weighted by Crippen LogP contribution is -2.01. The molecule has 4 rings (SSSR count). The Kier molecular flexibility index (Phi) is 1.19. The zero-order valence-corrected chi connectivity index (χ0v) is 6.73. The standard InChI is InChI=1S/C9H6N2O2/c1-2-4-7-6(3-1)8-10-11-9(7)13-5-12-8/h1-4H,5H2. The summed E-state index contributed by atoms with van der Waals surface area (Å²) < 4.78 is 10.5. The molecule has 0 atom stereocenters. The van der Waals surface area contributed by atoms with E-state index >= 15 is 0 Å². The first kappa shape index (κ1) is 6.65. The van der Waals surface area contributed by atoms with Crippen LogP contribution in [0.5, 0.6) is 11.8 Å². The highest BCUT2D eigenvalue weighted by atomic mass is 16.7. The van der Waals surface area contributed by atoms with Crippen molar-refractivity contribution in [3.63, 3.8) is 0 Å². The predicted octanol–water partition coefficient (Wildman–Crippen LogP) is 1.36. The highest BCUT2D eigenvalue weighted by Gasteiger charge is 2.14. The molecule has 0 amide bonds. The van der Waals surface area contributed by atoms with Crippen molar-refractivity contribution in [1.82, 2.24) is 10.2 Å². The van der Waals surface area contributed by atoms with Crippen LogP contribution in [-0.2, 0) is 0 Å². The molecule has 0 saturated heterocycles. The predicted molar refractivity (Wildman–Crippen MR) is 45.7 cm³/mol. The van der Waals surface area contributed by atoms with E-state index in [0.29, 0.717) is 11.8 Å². The molecule has 2 aliphatic heterocycles. The molecule has 0 N–H and O–H groups in total. The van der Waals surface area contributed by atoms with Crippen LogP contribution >= 0.6 is 0 Å². The molecular weight excluding hydrogens is 168 g/mol. The van der Waals surface area contributed by atoms with E-state index in [9.17, 15) is 0 Å². The molecule has 0 saturated carbocycles. The summed E-state index contributed by atoms with van der Waals surface area (Å²) in [5, 5.41) is 9.68. The highest BCUT2D eigenvalue weighted by Crippen LogP contribution is 2.30. The summed E-state index contributed by atoms with van der Waals surface area (Å²) >= 11 is 0. The molecule has 2 aliphatic rings. The molecule has 0 fully saturated rings. The Labute approximate surface area is 74.1 Å². The van der Waals surface area contributed by atoms with Gasteiger partial charge in [-0.2, -0.15) is 0 Å². The lowest BCUT2D eigenvalue weighted by Gasteiger charge is -1.98. The van der Waals surface area contributed by atoms with Gasteiger partial charge in [-0.15, -0.1) is 10.2 Å². The molecule has 0 radical (unpaired) electrons. The Morgan fingerprint density at radius 2 is 1.46 bits per heavy atom. The van der Waals surface area contributed by atoms with Gasteiger partial charge in [-0.05, 0) is 12.1 Å².